The summed E-state index contributed by atoms with van der Waals surface area (Å²) in [6.45, 7) is 9.19. The number of carbonyl (C=O) groups excluding carboxylic acids is 1. The molecule has 4 heteroatoms. The second kappa shape index (κ2) is 5.04. The van der Waals surface area contributed by atoms with Crippen LogP contribution in [0, 0.1) is 5.92 Å². The number of rotatable bonds is 2. The minimum Gasteiger partial charge on any atom is -0.444 e. The van der Waals surface area contributed by atoms with Gasteiger partial charge in [0.15, 0.2) is 0 Å². The molecule has 0 aromatic carbocycles. The van der Waals surface area contributed by atoms with Crippen molar-refractivity contribution in [1.29, 1.82) is 0 Å². The van der Waals surface area contributed by atoms with Crippen molar-refractivity contribution >= 4 is 6.09 Å². The molecule has 2 N–H and O–H groups in total. The molecule has 94 valence electrons. The normalized spacial score (nSPS) is 25.9. The molecule has 0 radical (unpaired) electrons. The van der Waals surface area contributed by atoms with Crippen LogP contribution in [0.1, 0.15) is 40.5 Å². The maximum Gasteiger partial charge on any atom is 0.410 e. The molecule has 16 heavy (non-hydrogen) atoms. The Hall–Kier alpha value is -0.770. The van der Waals surface area contributed by atoms with E-state index >= 15 is 0 Å². The lowest BCUT2D eigenvalue weighted by Crippen LogP contribution is -2.42. The quantitative estimate of drug-likeness (QED) is 0.786. The molecule has 1 aliphatic heterocycles. The Morgan fingerprint density at radius 2 is 2.12 bits per heavy atom. The highest BCUT2D eigenvalue weighted by atomic mass is 16.6. The molecule has 4 nitrogen and oxygen atoms in total. The van der Waals surface area contributed by atoms with Crippen molar-refractivity contribution in [3.63, 3.8) is 0 Å². The second-order valence-electron chi connectivity index (χ2n) is 5.43. The lowest BCUT2D eigenvalue weighted by atomic mass is 9.99. The molecule has 0 aliphatic carbocycles. The standard InChI is InChI=1S/C12H24N2O2/c1-5-10-9(8-13)6-7-14(10)11(15)16-12(2,3)4/h9-10H,5-8,13H2,1-4H3. The number of likely N-dealkylation sites (tertiary alicyclic amines) is 1. The van der Waals surface area contributed by atoms with Gasteiger partial charge in [0, 0.05) is 12.6 Å². The molecular formula is C12H24N2O2. The van der Waals surface area contributed by atoms with Crippen LogP contribution in [0.3, 0.4) is 0 Å². The Morgan fingerprint density at radius 1 is 1.50 bits per heavy atom. The highest BCUT2D eigenvalue weighted by Gasteiger charge is 2.36. The third kappa shape index (κ3) is 3.11. The predicted octanol–water partition coefficient (Wildman–Crippen LogP) is 1.98. The summed E-state index contributed by atoms with van der Waals surface area (Å²) in [6.07, 6.45) is 1.74. The summed E-state index contributed by atoms with van der Waals surface area (Å²) in [5.41, 5.74) is 5.29. The SMILES string of the molecule is CCC1C(CN)CCN1C(=O)OC(C)(C)C. The van der Waals surface area contributed by atoms with E-state index in [9.17, 15) is 4.79 Å². The Morgan fingerprint density at radius 3 is 2.56 bits per heavy atom. The predicted molar refractivity (Wildman–Crippen MR) is 64.2 cm³/mol. The maximum absolute atomic E-state index is 12.0. The molecule has 0 aromatic heterocycles. The van der Waals surface area contributed by atoms with Gasteiger partial charge in [0.25, 0.3) is 0 Å². The largest absolute Gasteiger partial charge is 0.444 e. The van der Waals surface area contributed by atoms with Crippen molar-refractivity contribution in [3.8, 4) is 0 Å². The third-order valence-electron chi connectivity index (χ3n) is 3.03. The third-order valence-corrected chi connectivity index (χ3v) is 3.03. The summed E-state index contributed by atoms with van der Waals surface area (Å²) in [4.78, 5) is 13.8. The van der Waals surface area contributed by atoms with Gasteiger partial charge in [0.2, 0.25) is 0 Å². The van der Waals surface area contributed by atoms with Gasteiger partial charge < -0.3 is 15.4 Å². The van der Waals surface area contributed by atoms with Crippen molar-refractivity contribution in [3.05, 3.63) is 0 Å². The first kappa shape index (κ1) is 13.3. The molecular weight excluding hydrogens is 204 g/mol. The van der Waals surface area contributed by atoms with E-state index in [1.54, 1.807) is 0 Å². The van der Waals surface area contributed by atoms with Crippen LogP contribution < -0.4 is 5.73 Å². The molecule has 1 saturated heterocycles. The summed E-state index contributed by atoms with van der Waals surface area (Å²) in [5.74, 6) is 0.428. The Balaban J connectivity index is 2.63. The summed E-state index contributed by atoms with van der Waals surface area (Å²) < 4.78 is 5.39. The van der Waals surface area contributed by atoms with E-state index in [1.165, 1.54) is 0 Å². The number of nitrogens with zero attached hydrogens (tertiary/aromatic N) is 1. The van der Waals surface area contributed by atoms with E-state index < -0.39 is 5.60 Å². The number of nitrogens with two attached hydrogens (primary N) is 1. The molecule has 1 rings (SSSR count). The van der Waals surface area contributed by atoms with Crippen LogP contribution in [0.4, 0.5) is 4.79 Å². The highest BCUT2D eigenvalue weighted by molar-refractivity contribution is 5.69. The highest BCUT2D eigenvalue weighted by Crippen LogP contribution is 2.27. The fraction of sp³-hybridized carbons (Fsp3) is 0.917. The minimum atomic E-state index is -0.420. The lowest BCUT2D eigenvalue weighted by molar-refractivity contribution is 0.0206. The van der Waals surface area contributed by atoms with Crippen molar-refractivity contribution in [2.45, 2.75) is 52.2 Å². The molecule has 1 heterocycles. The van der Waals surface area contributed by atoms with Crippen LogP contribution in [0.5, 0.6) is 0 Å². The van der Waals surface area contributed by atoms with Gasteiger partial charge >= 0.3 is 6.09 Å². The monoisotopic (exact) mass is 228 g/mol. The first-order valence-electron chi connectivity index (χ1n) is 6.08. The number of ether oxygens (including phenoxy) is 1. The van der Waals surface area contributed by atoms with Crippen LogP contribution in [0.25, 0.3) is 0 Å². The molecule has 1 aliphatic rings. The summed E-state index contributed by atoms with van der Waals surface area (Å²) >= 11 is 0. The van der Waals surface area contributed by atoms with Gasteiger partial charge in [-0.1, -0.05) is 6.92 Å². The van der Waals surface area contributed by atoms with E-state index in [-0.39, 0.29) is 12.1 Å². The van der Waals surface area contributed by atoms with E-state index in [0.29, 0.717) is 12.5 Å². The fourth-order valence-corrected chi connectivity index (χ4v) is 2.29. The van der Waals surface area contributed by atoms with Crippen LogP contribution in [-0.2, 0) is 4.74 Å². The van der Waals surface area contributed by atoms with Gasteiger partial charge in [-0.15, -0.1) is 0 Å². The van der Waals surface area contributed by atoms with E-state index in [0.717, 1.165) is 19.4 Å². The Kier molecular flexibility index (Phi) is 4.19. The van der Waals surface area contributed by atoms with Crippen molar-refractivity contribution < 1.29 is 9.53 Å². The maximum atomic E-state index is 12.0. The summed E-state index contributed by atoms with van der Waals surface area (Å²) in [7, 11) is 0. The molecule has 2 atom stereocenters. The molecule has 0 spiro atoms. The smallest absolute Gasteiger partial charge is 0.410 e. The zero-order chi connectivity index (χ0) is 12.3. The van der Waals surface area contributed by atoms with E-state index in [4.69, 9.17) is 10.5 Å². The molecule has 0 bridgehead atoms. The van der Waals surface area contributed by atoms with Gasteiger partial charge in [-0.2, -0.15) is 0 Å². The first-order valence-corrected chi connectivity index (χ1v) is 6.08. The first-order chi connectivity index (χ1) is 7.39. The van der Waals surface area contributed by atoms with Gasteiger partial charge in [0.05, 0.1) is 0 Å². The molecule has 0 aromatic rings. The number of hydrogen-bond acceptors (Lipinski definition) is 3. The second-order valence-corrected chi connectivity index (χ2v) is 5.43. The number of amides is 1. The van der Waals surface area contributed by atoms with Crippen molar-refractivity contribution in [2.24, 2.45) is 11.7 Å². The fourth-order valence-electron chi connectivity index (χ4n) is 2.29. The van der Waals surface area contributed by atoms with Crippen LogP contribution >= 0.6 is 0 Å². The average Bonchev–Trinajstić information content (AvgIpc) is 2.57. The number of hydrogen-bond donors (Lipinski definition) is 1. The van der Waals surface area contributed by atoms with Gasteiger partial charge in [0.1, 0.15) is 5.60 Å². The lowest BCUT2D eigenvalue weighted by Gasteiger charge is -2.29. The van der Waals surface area contributed by atoms with Gasteiger partial charge in [-0.25, -0.2) is 4.79 Å². The van der Waals surface area contributed by atoms with Gasteiger partial charge in [-0.05, 0) is 46.1 Å². The molecule has 2 unspecified atom stereocenters. The topological polar surface area (TPSA) is 55.6 Å². The van der Waals surface area contributed by atoms with Crippen LogP contribution in [0.2, 0.25) is 0 Å². The van der Waals surface area contributed by atoms with Crippen LogP contribution in [-0.4, -0.2) is 35.7 Å². The summed E-state index contributed by atoms with van der Waals surface area (Å²) in [5, 5.41) is 0. The van der Waals surface area contributed by atoms with E-state index in [1.807, 2.05) is 25.7 Å². The van der Waals surface area contributed by atoms with Crippen molar-refractivity contribution in [1.82, 2.24) is 4.90 Å². The van der Waals surface area contributed by atoms with Gasteiger partial charge in [-0.3, -0.25) is 0 Å². The molecule has 1 fully saturated rings. The zero-order valence-corrected chi connectivity index (χ0v) is 10.8. The van der Waals surface area contributed by atoms with Crippen LogP contribution in [0.15, 0.2) is 0 Å². The zero-order valence-electron chi connectivity index (χ0n) is 10.8. The Labute approximate surface area is 98.1 Å². The Bertz CT molecular complexity index is 248. The minimum absolute atomic E-state index is 0.199. The van der Waals surface area contributed by atoms with E-state index in [2.05, 4.69) is 6.92 Å². The van der Waals surface area contributed by atoms with Crippen molar-refractivity contribution in [2.75, 3.05) is 13.1 Å². The average molecular weight is 228 g/mol. The molecule has 1 amide bonds. The molecule has 0 saturated carbocycles. The summed E-state index contributed by atoms with van der Waals surface area (Å²) in [6, 6.07) is 0.250. The number of carbonyl (C=O) groups is 1.